The molecule has 0 spiro atoms. The van der Waals surface area contributed by atoms with Crippen molar-refractivity contribution in [2.45, 2.75) is 32.8 Å². The van der Waals surface area contributed by atoms with Crippen LogP contribution in [0.25, 0.3) is 0 Å². The SMILES string of the molecule is CC(C)(C)OC(=O)N1CCC(=O)C1.O=S(=O)=O.c1ccncc1. The summed E-state index contributed by atoms with van der Waals surface area (Å²) in [5, 5.41) is 0. The number of pyridine rings is 1. The Balaban J connectivity index is 0.000000398. The van der Waals surface area contributed by atoms with E-state index in [0.29, 0.717) is 13.0 Å². The Morgan fingerprint density at radius 3 is 1.96 bits per heavy atom. The first kappa shape index (κ1) is 20.7. The number of hydrogen-bond donors (Lipinski definition) is 0. The molecular formula is C14H20N2O6S. The third-order valence-electron chi connectivity index (χ3n) is 2.25. The molecule has 2 heterocycles. The lowest BCUT2D eigenvalue weighted by Gasteiger charge is -2.23. The van der Waals surface area contributed by atoms with Crippen LogP contribution >= 0.6 is 0 Å². The number of likely N-dealkylation sites (tertiary alicyclic amines) is 1. The van der Waals surface area contributed by atoms with E-state index in [2.05, 4.69) is 4.98 Å². The highest BCUT2D eigenvalue weighted by atomic mass is 32.2. The van der Waals surface area contributed by atoms with Crippen LogP contribution in [0.1, 0.15) is 27.2 Å². The summed E-state index contributed by atoms with van der Waals surface area (Å²) < 4.78 is 30.4. The van der Waals surface area contributed by atoms with Crippen LogP contribution in [-0.2, 0) is 20.1 Å². The predicted octanol–water partition coefficient (Wildman–Crippen LogP) is 1.27. The molecule has 23 heavy (non-hydrogen) atoms. The Hall–Kier alpha value is -2.29. The fraction of sp³-hybridized carbons (Fsp3) is 0.500. The standard InChI is InChI=1S/C9H15NO3.C5H5N.O3S/c1-9(2,3)13-8(12)10-5-4-7(11)6-10;1-2-4-6-5-3-1;1-4(2)3/h4-6H2,1-3H3;1-5H;. The summed E-state index contributed by atoms with van der Waals surface area (Å²) in [4.78, 5) is 27.5. The minimum atomic E-state index is -3.11. The van der Waals surface area contributed by atoms with Crippen LogP contribution in [-0.4, -0.2) is 53.1 Å². The van der Waals surface area contributed by atoms with Crippen LogP contribution in [0.5, 0.6) is 0 Å². The Morgan fingerprint density at radius 2 is 1.70 bits per heavy atom. The van der Waals surface area contributed by atoms with Crippen molar-refractivity contribution >= 4 is 22.5 Å². The van der Waals surface area contributed by atoms with E-state index in [-0.39, 0.29) is 12.3 Å². The van der Waals surface area contributed by atoms with E-state index in [9.17, 15) is 9.59 Å². The average Bonchev–Trinajstić information content (AvgIpc) is 2.86. The van der Waals surface area contributed by atoms with Gasteiger partial charge in [-0.25, -0.2) is 4.79 Å². The third kappa shape index (κ3) is 13.1. The molecule has 0 N–H and O–H groups in total. The van der Waals surface area contributed by atoms with Crippen molar-refractivity contribution in [2.75, 3.05) is 13.1 Å². The van der Waals surface area contributed by atoms with Gasteiger partial charge in [0.2, 0.25) is 0 Å². The Bertz CT molecular complexity index is 561. The van der Waals surface area contributed by atoms with Crippen LogP contribution < -0.4 is 0 Å². The van der Waals surface area contributed by atoms with Gasteiger partial charge in [0.05, 0.1) is 6.54 Å². The largest absolute Gasteiger partial charge is 0.444 e. The number of ether oxygens (including phenoxy) is 1. The summed E-state index contributed by atoms with van der Waals surface area (Å²) >= 11 is 0. The Labute approximate surface area is 136 Å². The summed E-state index contributed by atoms with van der Waals surface area (Å²) in [6.07, 6.45) is 3.57. The van der Waals surface area contributed by atoms with Gasteiger partial charge in [-0.1, -0.05) is 6.07 Å². The van der Waals surface area contributed by atoms with Gasteiger partial charge in [-0.15, -0.1) is 12.6 Å². The molecule has 0 radical (unpaired) electrons. The molecule has 9 heteroatoms. The van der Waals surface area contributed by atoms with Crippen molar-refractivity contribution in [1.29, 1.82) is 0 Å². The van der Waals surface area contributed by atoms with E-state index < -0.39 is 22.3 Å². The van der Waals surface area contributed by atoms with Gasteiger partial charge in [-0.3, -0.25) is 9.78 Å². The topological polar surface area (TPSA) is 111 Å². The molecular weight excluding hydrogens is 324 g/mol. The van der Waals surface area contributed by atoms with Crippen LogP contribution in [0.4, 0.5) is 4.79 Å². The highest BCUT2D eigenvalue weighted by Crippen LogP contribution is 2.12. The lowest BCUT2D eigenvalue weighted by molar-refractivity contribution is -0.116. The Morgan fingerprint density at radius 1 is 1.17 bits per heavy atom. The van der Waals surface area contributed by atoms with Crippen molar-refractivity contribution in [3.8, 4) is 0 Å². The summed E-state index contributed by atoms with van der Waals surface area (Å²) in [6, 6.07) is 5.72. The highest BCUT2D eigenvalue weighted by molar-refractivity contribution is 7.59. The molecule has 128 valence electrons. The van der Waals surface area contributed by atoms with Crippen molar-refractivity contribution in [2.24, 2.45) is 0 Å². The van der Waals surface area contributed by atoms with Crippen LogP contribution in [0, 0.1) is 0 Å². The van der Waals surface area contributed by atoms with Crippen molar-refractivity contribution in [3.05, 3.63) is 30.6 Å². The molecule has 0 atom stereocenters. The second-order valence-electron chi connectivity index (χ2n) is 5.42. The van der Waals surface area contributed by atoms with Gasteiger partial charge in [-0.2, -0.15) is 0 Å². The minimum absolute atomic E-state index is 0.103. The summed E-state index contributed by atoms with van der Waals surface area (Å²) in [6.45, 7) is 6.12. The second-order valence-corrected chi connectivity index (χ2v) is 5.83. The molecule has 2 rings (SSSR count). The number of ketones is 1. The van der Waals surface area contributed by atoms with Gasteiger partial charge in [0.25, 0.3) is 0 Å². The van der Waals surface area contributed by atoms with Crippen molar-refractivity contribution in [1.82, 2.24) is 9.88 Å². The van der Waals surface area contributed by atoms with Gasteiger partial charge in [0.15, 0.2) is 5.78 Å². The molecule has 1 aliphatic rings. The molecule has 0 aromatic carbocycles. The van der Waals surface area contributed by atoms with Gasteiger partial charge >= 0.3 is 16.7 Å². The second kappa shape index (κ2) is 10.4. The number of rotatable bonds is 0. The Kier molecular flexibility index (Phi) is 9.40. The number of nitrogens with zero attached hydrogens (tertiary/aromatic N) is 2. The molecule has 1 amide bonds. The first-order valence-electron chi connectivity index (χ1n) is 6.73. The van der Waals surface area contributed by atoms with E-state index in [1.54, 1.807) is 12.4 Å². The van der Waals surface area contributed by atoms with E-state index in [1.165, 1.54) is 4.90 Å². The third-order valence-corrected chi connectivity index (χ3v) is 2.25. The zero-order valence-electron chi connectivity index (χ0n) is 13.3. The fourth-order valence-electron chi connectivity index (χ4n) is 1.43. The number of aromatic nitrogens is 1. The van der Waals surface area contributed by atoms with E-state index in [1.807, 2.05) is 39.0 Å². The maximum Gasteiger partial charge on any atom is 0.425 e. The molecule has 0 unspecified atom stereocenters. The lowest BCUT2D eigenvalue weighted by Crippen LogP contribution is -2.35. The van der Waals surface area contributed by atoms with E-state index in [4.69, 9.17) is 17.4 Å². The zero-order valence-corrected chi connectivity index (χ0v) is 14.1. The maximum absolute atomic E-state index is 11.4. The molecule has 8 nitrogen and oxygen atoms in total. The number of hydrogen-bond acceptors (Lipinski definition) is 7. The number of Topliss-reactive ketones (excluding diaryl/α,β-unsaturated/α-hetero) is 1. The van der Waals surface area contributed by atoms with Gasteiger partial charge < -0.3 is 9.64 Å². The van der Waals surface area contributed by atoms with Gasteiger partial charge in [0, 0.05) is 25.4 Å². The normalized spacial score (nSPS) is 13.2. The maximum atomic E-state index is 11.4. The molecule has 1 aromatic rings. The van der Waals surface area contributed by atoms with E-state index >= 15 is 0 Å². The first-order valence-corrected chi connectivity index (χ1v) is 7.73. The molecule has 1 saturated heterocycles. The highest BCUT2D eigenvalue weighted by Gasteiger charge is 2.27. The first-order chi connectivity index (χ1) is 10.6. The fourth-order valence-corrected chi connectivity index (χ4v) is 1.43. The lowest BCUT2D eigenvalue weighted by atomic mass is 10.2. The van der Waals surface area contributed by atoms with Crippen LogP contribution in [0.2, 0.25) is 0 Å². The molecule has 0 bridgehead atoms. The zero-order chi connectivity index (χ0) is 17.9. The average molecular weight is 344 g/mol. The summed E-state index contributed by atoms with van der Waals surface area (Å²) in [7, 11) is -3.11. The molecule has 0 saturated carbocycles. The minimum Gasteiger partial charge on any atom is -0.444 e. The monoisotopic (exact) mass is 344 g/mol. The summed E-state index contributed by atoms with van der Waals surface area (Å²) in [5.41, 5.74) is -0.483. The van der Waals surface area contributed by atoms with Crippen LogP contribution in [0.15, 0.2) is 30.6 Å². The van der Waals surface area contributed by atoms with Crippen molar-refractivity contribution in [3.63, 3.8) is 0 Å². The predicted molar refractivity (Wildman–Crippen MR) is 81.4 cm³/mol. The van der Waals surface area contributed by atoms with Gasteiger partial charge in [-0.05, 0) is 32.9 Å². The number of carbonyl (C=O) groups is 2. The molecule has 1 aliphatic heterocycles. The summed E-state index contributed by atoms with van der Waals surface area (Å²) in [5.74, 6) is 0.103. The molecule has 0 aliphatic carbocycles. The number of carbonyl (C=O) groups excluding carboxylic acids is 2. The van der Waals surface area contributed by atoms with Crippen molar-refractivity contribution < 1.29 is 27.0 Å². The molecule has 1 fully saturated rings. The van der Waals surface area contributed by atoms with Gasteiger partial charge in [0.1, 0.15) is 5.60 Å². The van der Waals surface area contributed by atoms with E-state index in [0.717, 1.165) is 0 Å². The quantitative estimate of drug-likeness (QED) is 0.697. The molecule has 1 aromatic heterocycles. The number of amides is 1. The smallest absolute Gasteiger partial charge is 0.425 e. The van der Waals surface area contributed by atoms with Crippen LogP contribution in [0.3, 0.4) is 0 Å².